The summed E-state index contributed by atoms with van der Waals surface area (Å²) in [4.78, 5) is 15.8. The van der Waals surface area contributed by atoms with Gasteiger partial charge in [-0.2, -0.15) is 5.26 Å². The van der Waals surface area contributed by atoms with Gasteiger partial charge in [-0.15, -0.1) is 0 Å². The Morgan fingerprint density at radius 3 is 1.97 bits per heavy atom. The van der Waals surface area contributed by atoms with Crippen LogP contribution in [0.1, 0.15) is 33.3 Å². The van der Waals surface area contributed by atoms with Crippen LogP contribution < -0.4 is 5.73 Å². The predicted molar refractivity (Wildman–Crippen MR) is 122 cm³/mol. The number of nitriles is 1. The van der Waals surface area contributed by atoms with Crippen LogP contribution in [0.5, 0.6) is 0 Å². The Hall–Kier alpha value is -3.10. The van der Waals surface area contributed by atoms with Crippen LogP contribution in [-0.4, -0.2) is 16.6 Å². The van der Waals surface area contributed by atoms with E-state index in [1.54, 1.807) is 0 Å². The molecule has 1 amide bonds. The van der Waals surface area contributed by atoms with Gasteiger partial charge in [-0.25, -0.2) is 4.98 Å². The number of nitrogens with two attached hydrogens (primary N) is 1. The number of rotatable bonds is 5. The number of pyridine rings is 1. The number of primary amides is 1. The highest BCUT2D eigenvalue weighted by Crippen LogP contribution is 2.33. The van der Waals surface area contributed by atoms with Gasteiger partial charge >= 0.3 is 0 Å². The lowest BCUT2D eigenvalue weighted by atomic mass is 9.99. The molecule has 150 valence electrons. The molecule has 2 aromatic carbocycles. The lowest BCUT2D eigenvalue weighted by Gasteiger charge is -2.12. The van der Waals surface area contributed by atoms with E-state index in [9.17, 15) is 10.1 Å². The van der Waals surface area contributed by atoms with Crippen molar-refractivity contribution in [3.05, 3.63) is 72.3 Å². The molecule has 4 nitrogen and oxygen atoms in total. The summed E-state index contributed by atoms with van der Waals surface area (Å²) >= 11 is 1.19. The van der Waals surface area contributed by atoms with Crippen molar-refractivity contribution in [3.63, 3.8) is 0 Å². The molecular weight excluding hydrogens is 378 g/mol. The van der Waals surface area contributed by atoms with Crippen LogP contribution in [-0.2, 0) is 4.79 Å². The summed E-state index contributed by atoms with van der Waals surface area (Å²) in [5, 5.41) is 10.2. The van der Waals surface area contributed by atoms with Crippen molar-refractivity contribution in [2.75, 3.05) is 5.75 Å². The molecule has 0 aliphatic rings. The van der Waals surface area contributed by atoms with Gasteiger partial charge in [-0.3, -0.25) is 4.79 Å². The van der Waals surface area contributed by atoms with Crippen LogP contribution in [0.4, 0.5) is 0 Å². The number of amides is 1. The summed E-state index contributed by atoms with van der Waals surface area (Å²) in [5.41, 5.74) is 9.15. The first-order chi connectivity index (χ1) is 14.2. The molecule has 0 unspecified atom stereocenters. The maximum atomic E-state index is 11.2. The number of carbonyl (C=O) groups excluding carboxylic acids is 1. The average Bonchev–Trinajstić information content (AvgIpc) is 2.80. The lowest BCUT2D eigenvalue weighted by Crippen LogP contribution is -2.13. The van der Waals surface area contributed by atoms with E-state index in [1.807, 2.05) is 94.4 Å². The molecule has 0 radical (unpaired) electrons. The van der Waals surface area contributed by atoms with Crippen LogP contribution in [0.2, 0.25) is 0 Å². The van der Waals surface area contributed by atoms with Gasteiger partial charge in [0.1, 0.15) is 11.1 Å². The summed E-state index contributed by atoms with van der Waals surface area (Å²) in [6, 6.07) is 23.6. The van der Waals surface area contributed by atoms with Crippen LogP contribution >= 0.6 is 11.8 Å². The molecule has 3 rings (SSSR count). The molecule has 3 aromatic rings. The van der Waals surface area contributed by atoms with Crippen molar-refractivity contribution in [1.82, 2.24) is 4.98 Å². The fraction of sp³-hybridized carbons (Fsp3) is 0.208. The molecule has 2 N–H and O–H groups in total. The fourth-order valence-electron chi connectivity index (χ4n) is 2.48. The quantitative estimate of drug-likeness (QED) is 0.535. The fourth-order valence-corrected chi connectivity index (χ4v) is 3.22. The Labute approximate surface area is 177 Å². The molecular formula is C24H27N3OS. The topological polar surface area (TPSA) is 79.8 Å². The van der Waals surface area contributed by atoms with E-state index in [2.05, 4.69) is 11.1 Å². The van der Waals surface area contributed by atoms with E-state index in [1.165, 1.54) is 11.8 Å². The highest BCUT2D eigenvalue weighted by Gasteiger charge is 2.16. The van der Waals surface area contributed by atoms with Crippen molar-refractivity contribution in [1.29, 1.82) is 5.26 Å². The molecule has 1 aromatic heterocycles. The third kappa shape index (κ3) is 6.78. The Morgan fingerprint density at radius 2 is 1.48 bits per heavy atom. The zero-order chi connectivity index (χ0) is 21.6. The van der Waals surface area contributed by atoms with Gasteiger partial charge in [-0.1, -0.05) is 100 Å². The summed E-state index contributed by atoms with van der Waals surface area (Å²) in [5.74, 6) is -0.365. The standard InChI is InChI=1S/C20H15N3OS.2C2H6/c21-12-17-16(14-7-3-1-4-8-14)11-18(15-9-5-2-6-10-15)23-20(17)25-13-19(22)24;2*1-2/h1-11H,13H2,(H2,22,24);2*1-2H3. The maximum Gasteiger partial charge on any atom is 0.227 e. The van der Waals surface area contributed by atoms with E-state index in [0.29, 0.717) is 10.6 Å². The van der Waals surface area contributed by atoms with Gasteiger partial charge in [-0.05, 0) is 11.6 Å². The second-order valence-corrected chi connectivity index (χ2v) is 6.30. The third-order valence-corrected chi connectivity index (χ3v) is 4.60. The highest BCUT2D eigenvalue weighted by atomic mass is 32.2. The minimum Gasteiger partial charge on any atom is -0.369 e. The summed E-state index contributed by atoms with van der Waals surface area (Å²) in [6.07, 6.45) is 0. The van der Waals surface area contributed by atoms with Crippen molar-refractivity contribution in [3.8, 4) is 28.5 Å². The molecule has 0 spiro atoms. The molecule has 0 saturated carbocycles. The van der Waals surface area contributed by atoms with E-state index >= 15 is 0 Å². The Balaban J connectivity index is 0.000000989. The summed E-state index contributed by atoms with van der Waals surface area (Å²) < 4.78 is 0. The molecule has 0 aliphatic heterocycles. The second-order valence-electron chi connectivity index (χ2n) is 5.33. The number of benzene rings is 2. The highest BCUT2D eigenvalue weighted by molar-refractivity contribution is 8.00. The Kier molecular flexibility index (Phi) is 10.8. The maximum absolute atomic E-state index is 11.2. The van der Waals surface area contributed by atoms with Crippen LogP contribution in [0.3, 0.4) is 0 Å². The molecule has 0 aliphatic carbocycles. The van der Waals surface area contributed by atoms with Gasteiger partial charge < -0.3 is 5.73 Å². The van der Waals surface area contributed by atoms with E-state index in [4.69, 9.17) is 5.73 Å². The molecule has 0 saturated heterocycles. The lowest BCUT2D eigenvalue weighted by molar-refractivity contribution is -0.115. The Morgan fingerprint density at radius 1 is 0.966 bits per heavy atom. The zero-order valence-corrected chi connectivity index (χ0v) is 18.2. The van der Waals surface area contributed by atoms with Gasteiger partial charge in [0, 0.05) is 11.1 Å². The smallest absolute Gasteiger partial charge is 0.227 e. The third-order valence-electron chi connectivity index (χ3n) is 3.60. The van der Waals surface area contributed by atoms with Crippen LogP contribution in [0.15, 0.2) is 71.8 Å². The molecule has 29 heavy (non-hydrogen) atoms. The van der Waals surface area contributed by atoms with Crippen molar-refractivity contribution < 1.29 is 4.79 Å². The van der Waals surface area contributed by atoms with Crippen molar-refractivity contribution >= 4 is 17.7 Å². The number of carbonyl (C=O) groups is 1. The van der Waals surface area contributed by atoms with Crippen molar-refractivity contribution in [2.24, 2.45) is 5.73 Å². The first kappa shape index (κ1) is 23.9. The zero-order valence-electron chi connectivity index (χ0n) is 17.3. The summed E-state index contributed by atoms with van der Waals surface area (Å²) in [6.45, 7) is 8.00. The largest absolute Gasteiger partial charge is 0.369 e. The minimum atomic E-state index is -0.443. The number of aromatic nitrogens is 1. The van der Waals surface area contributed by atoms with E-state index in [-0.39, 0.29) is 5.75 Å². The predicted octanol–water partition coefficient (Wildman–Crippen LogP) is 5.92. The second kappa shape index (κ2) is 13.1. The number of nitrogens with zero attached hydrogens (tertiary/aromatic N) is 2. The average molecular weight is 406 g/mol. The van der Waals surface area contributed by atoms with Gasteiger partial charge in [0.05, 0.1) is 17.0 Å². The first-order valence-electron chi connectivity index (χ1n) is 9.66. The first-order valence-corrected chi connectivity index (χ1v) is 10.6. The van der Waals surface area contributed by atoms with Crippen LogP contribution in [0, 0.1) is 11.3 Å². The van der Waals surface area contributed by atoms with Gasteiger partial charge in [0.25, 0.3) is 0 Å². The monoisotopic (exact) mass is 405 g/mol. The summed E-state index contributed by atoms with van der Waals surface area (Å²) in [7, 11) is 0. The van der Waals surface area contributed by atoms with Gasteiger partial charge in [0.15, 0.2) is 0 Å². The van der Waals surface area contributed by atoms with E-state index in [0.717, 1.165) is 22.4 Å². The van der Waals surface area contributed by atoms with E-state index < -0.39 is 5.91 Å². The van der Waals surface area contributed by atoms with Crippen molar-refractivity contribution in [2.45, 2.75) is 32.7 Å². The molecule has 5 heteroatoms. The molecule has 0 fully saturated rings. The van der Waals surface area contributed by atoms with Gasteiger partial charge in [0.2, 0.25) is 5.91 Å². The molecule has 0 atom stereocenters. The number of hydrogen-bond acceptors (Lipinski definition) is 4. The number of hydrogen-bond donors (Lipinski definition) is 1. The molecule has 1 heterocycles. The SMILES string of the molecule is CC.CC.N#Cc1c(-c2ccccc2)cc(-c2ccccc2)nc1SCC(N)=O. The number of thioether (sulfide) groups is 1. The van der Waals surface area contributed by atoms with Crippen LogP contribution in [0.25, 0.3) is 22.4 Å². The normalized spacial score (nSPS) is 9.21. The molecule has 0 bridgehead atoms. The Bertz CT molecular complexity index is 936. The minimum absolute atomic E-state index is 0.0775.